The molecule has 0 atom stereocenters. The summed E-state index contributed by atoms with van der Waals surface area (Å²) in [5.41, 5.74) is 1.29. The second-order valence-corrected chi connectivity index (χ2v) is 4.35. The molecule has 1 aliphatic rings. The average Bonchev–Trinajstić information content (AvgIpc) is 2.41. The van der Waals surface area contributed by atoms with E-state index < -0.39 is 0 Å². The summed E-state index contributed by atoms with van der Waals surface area (Å²) in [4.78, 5) is 0. The van der Waals surface area contributed by atoms with Gasteiger partial charge in [0.05, 0.1) is 6.61 Å². The van der Waals surface area contributed by atoms with Gasteiger partial charge in [0.15, 0.2) is 0 Å². The molecule has 0 radical (unpaired) electrons. The van der Waals surface area contributed by atoms with Gasteiger partial charge in [0.1, 0.15) is 5.75 Å². The van der Waals surface area contributed by atoms with Crippen molar-refractivity contribution >= 4 is 0 Å². The highest BCUT2D eigenvalue weighted by atomic mass is 16.5. The van der Waals surface area contributed by atoms with Crippen LogP contribution in [0, 0.1) is 0 Å². The van der Waals surface area contributed by atoms with Gasteiger partial charge in [0.2, 0.25) is 0 Å². The molecule has 0 saturated carbocycles. The fraction of sp³-hybridized carbons (Fsp3) is 0.571. The van der Waals surface area contributed by atoms with E-state index in [-0.39, 0.29) is 6.61 Å². The Bertz CT molecular complexity index is 332. The third-order valence-corrected chi connectivity index (χ3v) is 3.14. The predicted molar refractivity (Wildman–Crippen MR) is 66.4 cm³/mol. The first-order valence-corrected chi connectivity index (χ1v) is 6.32. The Balaban J connectivity index is 2.03. The van der Waals surface area contributed by atoms with Crippen LogP contribution in [0.5, 0.6) is 5.75 Å². The molecule has 2 rings (SSSR count). The first-order chi connectivity index (χ1) is 8.42. The Labute approximate surface area is 102 Å². The quantitative estimate of drug-likeness (QED) is 0.797. The molecule has 3 nitrogen and oxygen atoms in total. The molecular weight excluding hydrogens is 216 g/mol. The molecule has 17 heavy (non-hydrogen) atoms. The molecule has 94 valence electrons. The minimum Gasteiger partial charge on any atom is -0.493 e. The lowest BCUT2D eigenvalue weighted by molar-refractivity contribution is 0.0845. The minimum atomic E-state index is 0.180. The Morgan fingerprint density at radius 3 is 2.76 bits per heavy atom. The van der Waals surface area contributed by atoms with E-state index in [0.29, 0.717) is 18.9 Å². The van der Waals surface area contributed by atoms with Crippen LogP contribution in [0.3, 0.4) is 0 Å². The van der Waals surface area contributed by atoms with Crippen LogP contribution in [-0.4, -0.2) is 31.5 Å². The van der Waals surface area contributed by atoms with E-state index in [1.165, 1.54) is 5.56 Å². The Morgan fingerprint density at radius 2 is 2.00 bits per heavy atom. The van der Waals surface area contributed by atoms with Crippen molar-refractivity contribution < 1.29 is 14.6 Å². The fourth-order valence-corrected chi connectivity index (χ4v) is 2.20. The van der Waals surface area contributed by atoms with Crippen molar-refractivity contribution in [2.24, 2.45) is 0 Å². The molecule has 1 aliphatic heterocycles. The lowest BCUT2D eigenvalue weighted by Gasteiger charge is -2.24. The summed E-state index contributed by atoms with van der Waals surface area (Å²) in [6, 6.07) is 8.22. The maximum atomic E-state index is 8.77. The van der Waals surface area contributed by atoms with E-state index in [1.54, 1.807) is 0 Å². The van der Waals surface area contributed by atoms with Crippen LogP contribution in [0.4, 0.5) is 0 Å². The van der Waals surface area contributed by atoms with E-state index >= 15 is 0 Å². The van der Waals surface area contributed by atoms with Crippen molar-refractivity contribution in [3.8, 4) is 5.75 Å². The van der Waals surface area contributed by atoms with Crippen molar-refractivity contribution in [1.82, 2.24) is 0 Å². The van der Waals surface area contributed by atoms with E-state index in [2.05, 4.69) is 12.1 Å². The third-order valence-electron chi connectivity index (χ3n) is 3.14. The third kappa shape index (κ3) is 3.45. The number of ether oxygens (including phenoxy) is 2. The lowest BCUT2D eigenvalue weighted by atomic mass is 9.91. The Hall–Kier alpha value is -1.06. The van der Waals surface area contributed by atoms with Gasteiger partial charge >= 0.3 is 0 Å². The lowest BCUT2D eigenvalue weighted by Crippen LogP contribution is -2.15. The summed E-state index contributed by atoms with van der Waals surface area (Å²) in [5.74, 6) is 1.52. The SMILES string of the molecule is OCCCOc1ccccc1C1CCOCC1. The molecule has 0 aliphatic carbocycles. The number of rotatable bonds is 5. The molecule has 1 aromatic carbocycles. The predicted octanol–water partition coefficient (Wildman–Crippen LogP) is 2.34. The number of benzene rings is 1. The summed E-state index contributed by atoms with van der Waals surface area (Å²) in [6.45, 7) is 2.45. The van der Waals surface area contributed by atoms with Crippen LogP contribution in [-0.2, 0) is 4.74 Å². The maximum absolute atomic E-state index is 8.77. The summed E-state index contributed by atoms with van der Waals surface area (Å²) in [6.07, 6.45) is 2.82. The number of para-hydroxylation sites is 1. The molecule has 0 unspecified atom stereocenters. The average molecular weight is 236 g/mol. The van der Waals surface area contributed by atoms with Gasteiger partial charge in [-0.05, 0) is 30.4 Å². The Morgan fingerprint density at radius 1 is 1.24 bits per heavy atom. The molecule has 1 aromatic rings. The van der Waals surface area contributed by atoms with Crippen molar-refractivity contribution in [3.05, 3.63) is 29.8 Å². The second kappa shape index (κ2) is 6.62. The normalized spacial score (nSPS) is 17.0. The largest absolute Gasteiger partial charge is 0.493 e. The van der Waals surface area contributed by atoms with Gasteiger partial charge in [-0.25, -0.2) is 0 Å². The first kappa shape index (κ1) is 12.4. The summed E-state index contributed by atoms with van der Waals surface area (Å²) < 4.78 is 11.1. The van der Waals surface area contributed by atoms with Crippen molar-refractivity contribution in [1.29, 1.82) is 0 Å². The Kier molecular flexibility index (Phi) is 4.83. The molecule has 1 N–H and O–H groups in total. The number of hydrogen-bond donors (Lipinski definition) is 1. The van der Waals surface area contributed by atoms with Gasteiger partial charge in [-0.2, -0.15) is 0 Å². The summed E-state index contributed by atoms with van der Waals surface area (Å²) in [5, 5.41) is 8.77. The fourth-order valence-electron chi connectivity index (χ4n) is 2.20. The van der Waals surface area contributed by atoms with Crippen LogP contribution in [0.25, 0.3) is 0 Å². The summed E-state index contributed by atoms with van der Waals surface area (Å²) in [7, 11) is 0. The molecule has 0 amide bonds. The zero-order valence-corrected chi connectivity index (χ0v) is 10.1. The van der Waals surface area contributed by atoms with Gasteiger partial charge in [-0.1, -0.05) is 18.2 Å². The molecule has 0 bridgehead atoms. The van der Waals surface area contributed by atoms with Gasteiger partial charge < -0.3 is 14.6 Å². The van der Waals surface area contributed by atoms with Crippen molar-refractivity contribution in [3.63, 3.8) is 0 Å². The van der Waals surface area contributed by atoms with Crippen molar-refractivity contribution in [2.75, 3.05) is 26.4 Å². The highest BCUT2D eigenvalue weighted by molar-refractivity contribution is 5.36. The highest BCUT2D eigenvalue weighted by Gasteiger charge is 2.19. The first-order valence-electron chi connectivity index (χ1n) is 6.32. The van der Waals surface area contributed by atoms with Gasteiger partial charge in [0.25, 0.3) is 0 Å². The molecule has 1 saturated heterocycles. The van der Waals surface area contributed by atoms with E-state index in [1.807, 2.05) is 12.1 Å². The number of aliphatic hydroxyl groups is 1. The van der Waals surface area contributed by atoms with Crippen molar-refractivity contribution in [2.45, 2.75) is 25.2 Å². The van der Waals surface area contributed by atoms with Gasteiger partial charge in [0, 0.05) is 26.2 Å². The van der Waals surface area contributed by atoms with E-state index in [4.69, 9.17) is 14.6 Å². The summed E-state index contributed by atoms with van der Waals surface area (Å²) >= 11 is 0. The number of aliphatic hydroxyl groups excluding tert-OH is 1. The standard InChI is InChI=1S/C14H20O3/c15-8-3-9-17-14-5-2-1-4-13(14)12-6-10-16-11-7-12/h1-2,4-5,12,15H,3,6-11H2. The smallest absolute Gasteiger partial charge is 0.122 e. The van der Waals surface area contributed by atoms with E-state index in [0.717, 1.165) is 31.8 Å². The van der Waals surface area contributed by atoms with Gasteiger partial charge in [-0.3, -0.25) is 0 Å². The van der Waals surface area contributed by atoms with Crippen LogP contribution < -0.4 is 4.74 Å². The topological polar surface area (TPSA) is 38.7 Å². The minimum absolute atomic E-state index is 0.180. The van der Waals surface area contributed by atoms with Crippen LogP contribution in [0.15, 0.2) is 24.3 Å². The van der Waals surface area contributed by atoms with Crippen LogP contribution >= 0.6 is 0 Å². The van der Waals surface area contributed by atoms with Crippen LogP contribution in [0.1, 0.15) is 30.7 Å². The molecular formula is C14H20O3. The number of hydrogen-bond acceptors (Lipinski definition) is 3. The zero-order chi connectivity index (χ0) is 11.9. The molecule has 0 aromatic heterocycles. The monoisotopic (exact) mass is 236 g/mol. The molecule has 3 heteroatoms. The molecule has 1 heterocycles. The second-order valence-electron chi connectivity index (χ2n) is 4.35. The van der Waals surface area contributed by atoms with E-state index in [9.17, 15) is 0 Å². The highest BCUT2D eigenvalue weighted by Crippen LogP contribution is 2.33. The molecule has 0 spiro atoms. The van der Waals surface area contributed by atoms with Gasteiger partial charge in [-0.15, -0.1) is 0 Å². The van der Waals surface area contributed by atoms with Crippen LogP contribution in [0.2, 0.25) is 0 Å². The maximum Gasteiger partial charge on any atom is 0.122 e. The zero-order valence-electron chi connectivity index (χ0n) is 10.1. The molecule has 1 fully saturated rings.